The highest BCUT2D eigenvalue weighted by Crippen LogP contribution is 2.26. The fourth-order valence-electron chi connectivity index (χ4n) is 0.846. The zero-order chi connectivity index (χ0) is 6.97. The minimum absolute atomic E-state index is 0.489. The normalized spacial score (nSPS) is 14.5. The summed E-state index contributed by atoms with van der Waals surface area (Å²) in [5.74, 6) is 0.729. The second-order valence-corrected chi connectivity index (χ2v) is 2.40. The molecule has 1 aliphatic heterocycles. The zero-order valence-corrected chi connectivity index (χ0v) is 5.85. The fourth-order valence-corrected chi connectivity index (χ4v) is 0.994. The van der Waals surface area contributed by atoms with E-state index in [0.29, 0.717) is 11.6 Å². The summed E-state index contributed by atoms with van der Waals surface area (Å²) in [4.78, 5) is 3.99. The topological polar surface area (TPSA) is 22.1 Å². The van der Waals surface area contributed by atoms with E-state index in [4.69, 9.17) is 16.3 Å². The first kappa shape index (κ1) is 5.98. The summed E-state index contributed by atoms with van der Waals surface area (Å²) in [7, 11) is 0. The third kappa shape index (κ3) is 0.847. The quantitative estimate of drug-likeness (QED) is 0.564. The van der Waals surface area contributed by atoms with Gasteiger partial charge in [0.2, 0.25) is 0 Å². The molecule has 0 amide bonds. The van der Waals surface area contributed by atoms with Gasteiger partial charge in [-0.3, -0.25) is 4.98 Å². The Morgan fingerprint density at radius 3 is 3.50 bits per heavy atom. The van der Waals surface area contributed by atoms with Gasteiger partial charge >= 0.3 is 0 Å². The molecule has 0 fully saturated rings. The van der Waals surface area contributed by atoms with Crippen molar-refractivity contribution in [3.63, 3.8) is 0 Å². The predicted octanol–water partition coefficient (Wildman–Crippen LogP) is 1.56. The highest BCUT2D eigenvalue weighted by molar-refractivity contribution is 6.30. The van der Waals surface area contributed by atoms with Crippen molar-refractivity contribution in [3.8, 4) is 5.75 Å². The van der Waals surface area contributed by atoms with Gasteiger partial charge in [0.25, 0.3) is 0 Å². The molecule has 0 spiro atoms. The van der Waals surface area contributed by atoms with Crippen LogP contribution in [-0.4, -0.2) is 11.6 Å². The summed E-state index contributed by atoms with van der Waals surface area (Å²) in [6.07, 6.45) is 4.52. The number of hydrogen-bond donors (Lipinski definition) is 0. The maximum Gasteiger partial charge on any atom is 0.143 e. The molecule has 3 heteroatoms. The molecular formula is C7H4ClNO. The molecule has 2 nitrogen and oxygen atoms in total. The van der Waals surface area contributed by atoms with Gasteiger partial charge in [-0.25, -0.2) is 0 Å². The van der Waals surface area contributed by atoms with Gasteiger partial charge in [0.1, 0.15) is 12.4 Å². The number of nitrogens with zero attached hydrogens (tertiary/aromatic N) is 1. The molecule has 0 bridgehead atoms. The Morgan fingerprint density at radius 2 is 2.60 bits per heavy atom. The van der Waals surface area contributed by atoms with Gasteiger partial charge in [-0.15, -0.1) is 0 Å². The minimum atomic E-state index is 0.489. The molecule has 2 rings (SSSR count). The van der Waals surface area contributed by atoms with Crippen molar-refractivity contribution < 1.29 is 4.74 Å². The second kappa shape index (κ2) is 2.13. The first-order valence-corrected chi connectivity index (χ1v) is 3.26. The van der Waals surface area contributed by atoms with Gasteiger partial charge < -0.3 is 4.74 Å². The third-order valence-electron chi connectivity index (χ3n) is 1.29. The van der Waals surface area contributed by atoms with Gasteiger partial charge in [0.05, 0.1) is 17.1 Å². The molecule has 10 heavy (non-hydrogen) atoms. The van der Waals surface area contributed by atoms with Crippen LogP contribution in [-0.2, 0) is 0 Å². The van der Waals surface area contributed by atoms with E-state index in [1.165, 1.54) is 0 Å². The maximum absolute atomic E-state index is 5.65. The molecule has 0 aromatic carbocycles. The third-order valence-corrected chi connectivity index (χ3v) is 1.49. The van der Waals surface area contributed by atoms with E-state index in [1.807, 2.05) is 0 Å². The first-order chi connectivity index (χ1) is 4.86. The molecular weight excluding hydrogens is 150 g/mol. The Balaban J connectivity index is 2.52. The van der Waals surface area contributed by atoms with E-state index < -0.39 is 0 Å². The van der Waals surface area contributed by atoms with Crippen molar-refractivity contribution in [2.24, 2.45) is 0 Å². The zero-order valence-electron chi connectivity index (χ0n) is 5.10. The molecule has 1 aliphatic rings. The first-order valence-electron chi connectivity index (χ1n) is 2.88. The number of rotatable bonds is 0. The van der Waals surface area contributed by atoms with Gasteiger partial charge in [-0.1, -0.05) is 11.6 Å². The molecule has 1 aromatic heterocycles. The van der Waals surface area contributed by atoms with Crippen LogP contribution in [0.3, 0.4) is 0 Å². The number of fused-ring (bicyclic) bond motifs is 1. The fraction of sp³-hybridized carbons (Fsp3) is 0.143. The Kier molecular flexibility index (Phi) is 1.27. The molecule has 0 unspecified atom stereocenters. The molecule has 2 heterocycles. The predicted molar refractivity (Wildman–Crippen MR) is 37.1 cm³/mol. The van der Waals surface area contributed by atoms with Crippen molar-refractivity contribution in [1.29, 1.82) is 0 Å². The Morgan fingerprint density at radius 1 is 1.70 bits per heavy atom. The Hall–Kier alpha value is -0.760. The highest BCUT2D eigenvalue weighted by atomic mass is 35.5. The average Bonchev–Trinajstić information content (AvgIpc) is 2.33. The van der Waals surface area contributed by atoms with Gasteiger partial charge in [0.15, 0.2) is 0 Å². The van der Waals surface area contributed by atoms with Crippen LogP contribution >= 0.6 is 11.6 Å². The van der Waals surface area contributed by atoms with Crippen LogP contribution in [0, 0.1) is 6.42 Å². The Bertz CT molecular complexity index is 262. The number of aromatic nitrogens is 1. The summed E-state index contributed by atoms with van der Waals surface area (Å²) in [5.41, 5.74) is 0.768. The van der Waals surface area contributed by atoms with E-state index in [1.54, 1.807) is 12.3 Å². The van der Waals surface area contributed by atoms with E-state index in [9.17, 15) is 0 Å². The SMILES string of the molecule is Clc1cnc2c(c1)OC[C]2. The van der Waals surface area contributed by atoms with Crippen molar-refractivity contribution in [2.75, 3.05) is 6.61 Å². The minimum Gasteiger partial charge on any atom is -0.491 e. The van der Waals surface area contributed by atoms with Crippen LogP contribution in [0.15, 0.2) is 12.3 Å². The Labute approximate surface area is 63.8 Å². The number of halogens is 1. The molecule has 0 saturated carbocycles. The molecule has 2 radical (unpaired) electrons. The monoisotopic (exact) mass is 153 g/mol. The van der Waals surface area contributed by atoms with E-state index in [2.05, 4.69) is 11.4 Å². The van der Waals surface area contributed by atoms with Crippen molar-refractivity contribution in [2.45, 2.75) is 0 Å². The lowest BCUT2D eigenvalue weighted by Gasteiger charge is -1.95. The van der Waals surface area contributed by atoms with Crippen LogP contribution < -0.4 is 4.74 Å². The molecule has 0 atom stereocenters. The summed E-state index contributed by atoms with van der Waals surface area (Å²) < 4.78 is 5.12. The highest BCUT2D eigenvalue weighted by Gasteiger charge is 2.13. The summed E-state index contributed by atoms with van der Waals surface area (Å²) >= 11 is 5.65. The summed E-state index contributed by atoms with van der Waals surface area (Å²) in [6.45, 7) is 0.489. The van der Waals surface area contributed by atoms with Gasteiger partial charge in [0, 0.05) is 12.3 Å². The van der Waals surface area contributed by atoms with Gasteiger partial charge in [-0.2, -0.15) is 0 Å². The summed E-state index contributed by atoms with van der Waals surface area (Å²) in [5, 5.41) is 0.599. The van der Waals surface area contributed by atoms with E-state index in [-0.39, 0.29) is 0 Å². The molecule has 1 aromatic rings. The largest absolute Gasteiger partial charge is 0.491 e. The second-order valence-electron chi connectivity index (χ2n) is 1.97. The summed E-state index contributed by atoms with van der Waals surface area (Å²) in [6, 6.07) is 1.74. The number of ether oxygens (including phenoxy) is 1. The van der Waals surface area contributed by atoms with Crippen LogP contribution in [0.1, 0.15) is 5.69 Å². The molecule has 0 aliphatic carbocycles. The lowest BCUT2D eigenvalue weighted by Crippen LogP contribution is -1.84. The smallest absolute Gasteiger partial charge is 0.143 e. The number of pyridine rings is 1. The maximum atomic E-state index is 5.65. The lowest BCUT2D eigenvalue weighted by molar-refractivity contribution is 0.377. The van der Waals surface area contributed by atoms with Crippen LogP contribution in [0.5, 0.6) is 5.75 Å². The van der Waals surface area contributed by atoms with E-state index >= 15 is 0 Å². The van der Waals surface area contributed by atoms with Crippen LogP contribution in [0.25, 0.3) is 0 Å². The average molecular weight is 154 g/mol. The van der Waals surface area contributed by atoms with Crippen molar-refractivity contribution in [1.82, 2.24) is 4.98 Å². The lowest BCUT2D eigenvalue weighted by atomic mass is 10.3. The number of hydrogen-bond acceptors (Lipinski definition) is 2. The van der Waals surface area contributed by atoms with Crippen molar-refractivity contribution >= 4 is 11.6 Å². The van der Waals surface area contributed by atoms with Gasteiger partial charge in [-0.05, 0) is 0 Å². The van der Waals surface area contributed by atoms with Crippen LogP contribution in [0.2, 0.25) is 5.02 Å². The van der Waals surface area contributed by atoms with E-state index in [0.717, 1.165) is 11.4 Å². The molecule has 0 N–H and O–H groups in total. The standard InChI is InChI=1S/C7H4ClNO/c8-5-3-7-6(9-4-5)1-2-10-7/h3-4H,2H2. The molecule has 0 saturated heterocycles. The van der Waals surface area contributed by atoms with Crippen molar-refractivity contribution in [3.05, 3.63) is 29.4 Å². The van der Waals surface area contributed by atoms with Crippen LogP contribution in [0.4, 0.5) is 0 Å². The molecule has 50 valence electrons.